The van der Waals surface area contributed by atoms with Crippen LogP contribution < -0.4 is 20.7 Å². The fraction of sp³-hybridized carbons (Fsp3) is 0.333. The van der Waals surface area contributed by atoms with Crippen molar-refractivity contribution in [3.8, 4) is 11.5 Å². The first-order valence-corrected chi connectivity index (χ1v) is 14.0. The van der Waals surface area contributed by atoms with Gasteiger partial charge in [-0.25, -0.2) is 9.59 Å². The zero-order valence-corrected chi connectivity index (χ0v) is 24.9. The highest BCUT2D eigenvalue weighted by molar-refractivity contribution is 6.00. The van der Waals surface area contributed by atoms with Crippen LogP contribution in [-0.2, 0) is 9.47 Å². The standard InChI is InChI=1S/C33H32O11/c1-32(2,22(34)16-40-30-26-20(10-12-38-26)14-18-6-8-24(35)42-28(18)30)44-23(33(3,4)37-5)17-41-31-27-21(11-13-39-27)15-19-7-9-25(36)43-29(19)31/h6-15,22-23,34H,16-17H2,1-5H3. The molecule has 0 aliphatic heterocycles. The molecule has 11 nitrogen and oxygen atoms in total. The van der Waals surface area contributed by atoms with Crippen LogP contribution in [0.15, 0.2) is 88.3 Å². The SMILES string of the molecule is COC(C)(C)C(COc1c2occc2cc2ccc(=O)oc12)OC(C)(C)C(O)COc1c2occc2cc2ccc(=O)oc12. The van der Waals surface area contributed by atoms with Gasteiger partial charge in [-0.1, -0.05) is 0 Å². The number of hydrogen-bond donors (Lipinski definition) is 1. The van der Waals surface area contributed by atoms with Gasteiger partial charge in [0.25, 0.3) is 0 Å². The molecule has 2 atom stereocenters. The van der Waals surface area contributed by atoms with Gasteiger partial charge in [0.1, 0.15) is 25.4 Å². The van der Waals surface area contributed by atoms with Crippen LogP contribution in [0.1, 0.15) is 27.7 Å². The Bertz CT molecular complexity index is 2070. The fourth-order valence-corrected chi connectivity index (χ4v) is 4.95. The second-order valence-corrected chi connectivity index (χ2v) is 11.6. The second-order valence-electron chi connectivity index (χ2n) is 11.6. The molecule has 0 amide bonds. The van der Waals surface area contributed by atoms with Crippen molar-refractivity contribution < 1.29 is 41.7 Å². The van der Waals surface area contributed by atoms with E-state index in [4.69, 9.17) is 36.6 Å². The van der Waals surface area contributed by atoms with Crippen LogP contribution in [0.25, 0.3) is 43.9 Å². The molecule has 44 heavy (non-hydrogen) atoms. The summed E-state index contributed by atoms with van der Waals surface area (Å²) in [7, 11) is 1.55. The van der Waals surface area contributed by atoms with Crippen molar-refractivity contribution in [2.75, 3.05) is 20.3 Å². The van der Waals surface area contributed by atoms with E-state index in [1.807, 2.05) is 26.0 Å². The van der Waals surface area contributed by atoms with Crippen LogP contribution in [0.2, 0.25) is 0 Å². The molecule has 0 aliphatic carbocycles. The van der Waals surface area contributed by atoms with Gasteiger partial charge >= 0.3 is 11.3 Å². The average Bonchev–Trinajstić information content (AvgIpc) is 3.66. The van der Waals surface area contributed by atoms with Crippen molar-refractivity contribution in [2.24, 2.45) is 0 Å². The lowest BCUT2D eigenvalue weighted by molar-refractivity contribution is -0.204. The summed E-state index contributed by atoms with van der Waals surface area (Å²) >= 11 is 0. The third-order valence-corrected chi connectivity index (χ3v) is 7.88. The van der Waals surface area contributed by atoms with Crippen molar-refractivity contribution in [1.29, 1.82) is 0 Å². The van der Waals surface area contributed by atoms with Gasteiger partial charge in [-0.15, -0.1) is 0 Å². The Morgan fingerprint density at radius 2 is 1.16 bits per heavy atom. The first-order chi connectivity index (χ1) is 21.0. The molecule has 0 radical (unpaired) electrons. The molecular formula is C33H32O11. The van der Waals surface area contributed by atoms with Gasteiger partial charge in [0.15, 0.2) is 22.3 Å². The lowest BCUT2D eigenvalue weighted by Crippen LogP contribution is -2.53. The highest BCUT2D eigenvalue weighted by atomic mass is 16.6. The molecule has 6 rings (SSSR count). The molecule has 2 unspecified atom stereocenters. The van der Waals surface area contributed by atoms with Gasteiger partial charge in [0.05, 0.1) is 23.7 Å². The Hall–Kier alpha value is -4.58. The maximum atomic E-state index is 12.1. The Labute approximate surface area is 250 Å². The van der Waals surface area contributed by atoms with E-state index in [1.165, 1.54) is 24.7 Å². The van der Waals surface area contributed by atoms with Gasteiger partial charge in [-0.05, 0) is 64.1 Å². The van der Waals surface area contributed by atoms with E-state index in [1.54, 1.807) is 45.2 Å². The summed E-state index contributed by atoms with van der Waals surface area (Å²) < 4.78 is 46.7. The summed E-state index contributed by atoms with van der Waals surface area (Å²) in [6.07, 6.45) is 1.13. The first-order valence-electron chi connectivity index (χ1n) is 14.0. The van der Waals surface area contributed by atoms with Crippen LogP contribution in [0.5, 0.6) is 11.5 Å². The summed E-state index contributed by atoms with van der Waals surface area (Å²) in [5.74, 6) is 0.453. The van der Waals surface area contributed by atoms with Crippen molar-refractivity contribution in [3.05, 3.63) is 81.9 Å². The van der Waals surface area contributed by atoms with Gasteiger partial charge in [-0.2, -0.15) is 0 Å². The molecular weight excluding hydrogens is 572 g/mol. The fourth-order valence-electron chi connectivity index (χ4n) is 4.95. The molecule has 11 heteroatoms. The number of hydrogen-bond acceptors (Lipinski definition) is 11. The Morgan fingerprint density at radius 1 is 0.682 bits per heavy atom. The Balaban J connectivity index is 1.25. The predicted octanol–water partition coefficient (Wildman–Crippen LogP) is 5.80. The van der Waals surface area contributed by atoms with E-state index in [2.05, 4.69) is 0 Å². The van der Waals surface area contributed by atoms with E-state index in [9.17, 15) is 14.7 Å². The molecule has 6 aromatic rings. The molecule has 0 saturated heterocycles. The molecule has 0 aliphatic rings. The highest BCUT2D eigenvalue weighted by Crippen LogP contribution is 2.37. The molecule has 1 N–H and O–H groups in total. The second kappa shape index (κ2) is 11.2. The van der Waals surface area contributed by atoms with Crippen LogP contribution in [0, 0.1) is 0 Å². The zero-order chi connectivity index (χ0) is 31.2. The van der Waals surface area contributed by atoms with E-state index >= 15 is 0 Å². The molecule has 2 aromatic carbocycles. The van der Waals surface area contributed by atoms with Crippen LogP contribution in [0.4, 0.5) is 0 Å². The van der Waals surface area contributed by atoms with E-state index in [0.29, 0.717) is 21.9 Å². The molecule has 0 spiro atoms. The van der Waals surface area contributed by atoms with Crippen LogP contribution in [-0.4, -0.2) is 48.8 Å². The maximum absolute atomic E-state index is 12.1. The third kappa shape index (κ3) is 5.45. The van der Waals surface area contributed by atoms with Gasteiger partial charge in [-0.3, -0.25) is 0 Å². The lowest BCUT2D eigenvalue weighted by Gasteiger charge is -2.40. The molecule has 230 valence electrons. The molecule has 0 saturated carbocycles. The minimum absolute atomic E-state index is 0.0487. The van der Waals surface area contributed by atoms with Crippen molar-refractivity contribution >= 4 is 43.9 Å². The van der Waals surface area contributed by atoms with E-state index in [-0.39, 0.29) is 35.9 Å². The first kappa shape index (κ1) is 29.5. The quantitative estimate of drug-likeness (QED) is 0.179. The van der Waals surface area contributed by atoms with Crippen molar-refractivity contribution in [1.82, 2.24) is 0 Å². The predicted molar refractivity (Wildman–Crippen MR) is 162 cm³/mol. The normalized spacial score (nSPS) is 14.0. The summed E-state index contributed by atoms with van der Waals surface area (Å²) in [4.78, 5) is 24.0. The molecule has 4 aromatic heterocycles. The van der Waals surface area contributed by atoms with Gasteiger partial charge in [0.2, 0.25) is 11.5 Å². The van der Waals surface area contributed by atoms with Crippen molar-refractivity contribution in [3.63, 3.8) is 0 Å². The third-order valence-electron chi connectivity index (χ3n) is 7.88. The van der Waals surface area contributed by atoms with Gasteiger partial charge in [0, 0.05) is 40.8 Å². The number of rotatable bonds is 11. The summed E-state index contributed by atoms with van der Waals surface area (Å²) in [6.45, 7) is 6.82. The number of methoxy groups -OCH3 is 1. The minimum atomic E-state index is -1.19. The monoisotopic (exact) mass is 604 g/mol. The molecule has 0 fully saturated rings. The minimum Gasteiger partial charge on any atom is -0.483 e. The van der Waals surface area contributed by atoms with E-state index < -0.39 is 34.7 Å². The number of ether oxygens (including phenoxy) is 4. The number of aliphatic hydroxyl groups is 1. The number of aliphatic hydroxyl groups excluding tert-OH is 1. The maximum Gasteiger partial charge on any atom is 0.336 e. The molecule has 4 heterocycles. The average molecular weight is 605 g/mol. The smallest absolute Gasteiger partial charge is 0.336 e. The number of furan rings is 2. The Kier molecular flexibility index (Phi) is 7.48. The summed E-state index contributed by atoms with van der Waals surface area (Å²) in [5, 5.41) is 14.2. The van der Waals surface area contributed by atoms with Gasteiger partial charge < -0.3 is 41.7 Å². The highest BCUT2D eigenvalue weighted by Gasteiger charge is 2.40. The number of benzene rings is 2. The summed E-state index contributed by atoms with van der Waals surface area (Å²) in [6, 6.07) is 13.2. The largest absolute Gasteiger partial charge is 0.483 e. The Morgan fingerprint density at radius 3 is 1.66 bits per heavy atom. The van der Waals surface area contributed by atoms with E-state index in [0.717, 1.165) is 10.8 Å². The summed E-state index contributed by atoms with van der Waals surface area (Å²) in [5.41, 5.74) is -1.89. The topological polar surface area (TPSA) is 144 Å². The molecule has 0 bridgehead atoms. The zero-order valence-electron chi connectivity index (χ0n) is 24.9. The van der Waals surface area contributed by atoms with Crippen molar-refractivity contribution in [2.45, 2.75) is 51.1 Å². The lowest BCUT2D eigenvalue weighted by atomic mass is 9.97. The number of fused-ring (bicyclic) bond motifs is 4. The van der Waals surface area contributed by atoms with Crippen LogP contribution >= 0.6 is 0 Å². The van der Waals surface area contributed by atoms with Crippen LogP contribution in [0.3, 0.4) is 0 Å².